The maximum absolute atomic E-state index is 6.56. The summed E-state index contributed by atoms with van der Waals surface area (Å²) in [5.74, 6) is 2.60. The first-order valence-corrected chi connectivity index (χ1v) is 15.9. The molecule has 0 N–H and O–H groups in total. The van der Waals surface area contributed by atoms with Crippen molar-refractivity contribution in [2.75, 3.05) is 0 Å². The Labute approximate surface area is 291 Å². The predicted molar refractivity (Wildman–Crippen MR) is 188 cm³/mol. The fraction of sp³-hybridized carbons (Fsp3) is 0.220. The Morgan fingerprint density at radius 2 is 1.57 bits per heavy atom. The zero-order chi connectivity index (χ0) is 32.1. The first kappa shape index (κ1) is 32.5. The van der Waals surface area contributed by atoms with Crippen LogP contribution in [0.4, 0.5) is 0 Å². The second-order valence-corrected chi connectivity index (χ2v) is 12.9. The van der Waals surface area contributed by atoms with Crippen LogP contribution in [0.3, 0.4) is 0 Å². The molecule has 0 spiro atoms. The summed E-state index contributed by atoms with van der Waals surface area (Å²) < 4.78 is 10.6. The predicted octanol–water partition coefficient (Wildman–Crippen LogP) is 10.2. The molecular formula is C41H38N4OPt. The second kappa shape index (κ2) is 13.0. The van der Waals surface area contributed by atoms with Gasteiger partial charge in [0, 0.05) is 35.0 Å². The molecule has 0 amide bonds. The van der Waals surface area contributed by atoms with Gasteiger partial charge in [0.15, 0.2) is 0 Å². The Balaban J connectivity index is 0.00000386. The number of hydrogen-bond donors (Lipinski definition) is 0. The van der Waals surface area contributed by atoms with Crippen LogP contribution in [0.15, 0.2) is 85.3 Å². The quantitative estimate of drug-likeness (QED) is 0.151. The van der Waals surface area contributed by atoms with Gasteiger partial charge in [-0.15, -0.1) is 35.7 Å². The van der Waals surface area contributed by atoms with E-state index in [2.05, 4.69) is 126 Å². The smallest absolute Gasteiger partial charge is 0.509 e. The summed E-state index contributed by atoms with van der Waals surface area (Å²) in [6, 6.07) is 30.2. The average molecular weight is 798 g/mol. The number of aromatic nitrogens is 4. The molecule has 4 aromatic carbocycles. The zero-order valence-corrected chi connectivity index (χ0v) is 30.2. The fourth-order valence-corrected chi connectivity index (χ4v) is 6.52. The summed E-state index contributed by atoms with van der Waals surface area (Å²) in [4.78, 5) is 4.71. The Morgan fingerprint density at radius 1 is 0.809 bits per heavy atom. The Morgan fingerprint density at radius 3 is 2.32 bits per heavy atom. The van der Waals surface area contributed by atoms with E-state index in [9.17, 15) is 0 Å². The van der Waals surface area contributed by atoms with Crippen LogP contribution >= 0.6 is 0 Å². The standard InChI is InChI=1S/C41H38N4O.Pt/c1-25(2)16-31-19-33(44-24-32(23-43-44)41-29(6)27(4)18-28(5)30(41)7)21-35(20-31)46-34-12-13-37-36-10-8-9-11-38(36)45(39(37)22-34)40-17-26(3)14-15-42-40;/h8-15,17-20,23-25H,16H2,1-7H3;/q-2;+2. The van der Waals surface area contributed by atoms with Crippen LogP contribution in [-0.2, 0) is 27.5 Å². The van der Waals surface area contributed by atoms with E-state index in [0.717, 1.165) is 50.9 Å². The minimum atomic E-state index is 0. The third-order valence-electron chi connectivity index (χ3n) is 8.92. The first-order chi connectivity index (χ1) is 22.2. The summed E-state index contributed by atoms with van der Waals surface area (Å²) >= 11 is 0. The molecule has 0 atom stereocenters. The molecule has 0 radical (unpaired) electrons. The number of pyridine rings is 1. The van der Waals surface area contributed by atoms with Gasteiger partial charge in [-0.2, -0.15) is 16.7 Å². The van der Waals surface area contributed by atoms with Crippen molar-refractivity contribution < 1.29 is 25.8 Å². The molecule has 0 saturated heterocycles. The third kappa shape index (κ3) is 6.17. The molecule has 0 bridgehead atoms. The van der Waals surface area contributed by atoms with Crippen molar-refractivity contribution in [2.45, 2.75) is 54.9 Å². The number of fused-ring (bicyclic) bond motifs is 3. The Bertz CT molecular complexity index is 2230. The third-order valence-corrected chi connectivity index (χ3v) is 8.92. The summed E-state index contributed by atoms with van der Waals surface area (Å²) in [7, 11) is 0. The molecule has 6 heteroatoms. The molecule has 0 unspecified atom stereocenters. The normalized spacial score (nSPS) is 11.4. The number of para-hydroxylation sites is 1. The maximum Gasteiger partial charge on any atom is 2.00 e. The van der Waals surface area contributed by atoms with Crippen LogP contribution in [0, 0.1) is 52.7 Å². The second-order valence-electron chi connectivity index (χ2n) is 12.9. The van der Waals surface area contributed by atoms with Gasteiger partial charge in [0.05, 0.1) is 6.20 Å². The van der Waals surface area contributed by atoms with Crippen LogP contribution in [0.25, 0.3) is 44.4 Å². The van der Waals surface area contributed by atoms with E-state index in [-0.39, 0.29) is 21.1 Å². The van der Waals surface area contributed by atoms with Crippen molar-refractivity contribution in [1.82, 2.24) is 19.3 Å². The van der Waals surface area contributed by atoms with Crippen LogP contribution < -0.4 is 4.74 Å². The SMILES string of the molecule is Cc1ccnc(-n2c3[c-]c(Oc4[c-]c(-n5cc(-c6c(C)c(C)cc(C)c6C)cn5)cc(CC(C)C)c4)ccc3c3ccccc32)c1.[Pt+2]. The van der Waals surface area contributed by atoms with Gasteiger partial charge in [-0.1, -0.05) is 43.6 Å². The summed E-state index contributed by atoms with van der Waals surface area (Å²) in [5.41, 5.74) is 12.7. The molecule has 47 heavy (non-hydrogen) atoms. The van der Waals surface area contributed by atoms with E-state index in [1.54, 1.807) is 0 Å². The van der Waals surface area contributed by atoms with E-state index < -0.39 is 0 Å². The molecule has 3 aromatic heterocycles. The van der Waals surface area contributed by atoms with Crippen molar-refractivity contribution in [3.05, 3.63) is 131 Å². The minimum absolute atomic E-state index is 0. The molecule has 0 aliphatic rings. The maximum atomic E-state index is 6.56. The summed E-state index contributed by atoms with van der Waals surface area (Å²) in [5, 5.41) is 7.06. The van der Waals surface area contributed by atoms with Gasteiger partial charge in [0.25, 0.3) is 0 Å². The van der Waals surface area contributed by atoms with Crippen molar-refractivity contribution >= 4 is 21.8 Å². The van der Waals surface area contributed by atoms with Gasteiger partial charge in [-0.3, -0.25) is 4.68 Å². The number of ether oxygens (including phenoxy) is 1. The van der Waals surface area contributed by atoms with E-state index >= 15 is 0 Å². The van der Waals surface area contributed by atoms with Gasteiger partial charge in [0.2, 0.25) is 0 Å². The zero-order valence-electron chi connectivity index (χ0n) is 27.9. The molecule has 0 aliphatic heterocycles. The average Bonchev–Trinajstić information content (AvgIpc) is 3.63. The molecule has 3 heterocycles. The van der Waals surface area contributed by atoms with Crippen LogP contribution in [-0.4, -0.2) is 19.3 Å². The Hall–Kier alpha value is -4.47. The largest absolute Gasteiger partial charge is 2.00 e. The summed E-state index contributed by atoms with van der Waals surface area (Å²) in [6.07, 6.45) is 6.83. The summed E-state index contributed by atoms with van der Waals surface area (Å²) in [6.45, 7) is 15.3. The molecule has 238 valence electrons. The van der Waals surface area contributed by atoms with Gasteiger partial charge in [-0.25, -0.2) is 4.98 Å². The van der Waals surface area contributed by atoms with Gasteiger partial charge >= 0.3 is 21.1 Å². The van der Waals surface area contributed by atoms with Crippen LogP contribution in [0.1, 0.15) is 47.2 Å². The Kier molecular flexibility index (Phi) is 8.96. The van der Waals surface area contributed by atoms with Crippen molar-refractivity contribution in [3.8, 4) is 34.1 Å². The van der Waals surface area contributed by atoms with E-state index in [0.29, 0.717) is 17.4 Å². The molecule has 0 saturated carbocycles. The van der Waals surface area contributed by atoms with Crippen molar-refractivity contribution in [1.29, 1.82) is 0 Å². The topological polar surface area (TPSA) is 44.9 Å². The molecule has 5 nitrogen and oxygen atoms in total. The van der Waals surface area contributed by atoms with Gasteiger partial charge in [-0.05, 0) is 110 Å². The molecule has 0 fully saturated rings. The molecular weight excluding hydrogens is 760 g/mol. The van der Waals surface area contributed by atoms with E-state index in [1.165, 1.54) is 33.4 Å². The van der Waals surface area contributed by atoms with E-state index in [1.807, 2.05) is 29.2 Å². The number of hydrogen-bond acceptors (Lipinski definition) is 3. The monoisotopic (exact) mass is 797 g/mol. The fourth-order valence-electron chi connectivity index (χ4n) is 6.52. The van der Waals surface area contributed by atoms with Crippen LogP contribution in [0.2, 0.25) is 0 Å². The molecule has 0 aliphatic carbocycles. The number of benzene rings is 4. The minimum Gasteiger partial charge on any atom is -0.509 e. The molecule has 7 aromatic rings. The van der Waals surface area contributed by atoms with Gasteiger partial charge in [0.1, 0.15) is 5.82 Å². The number of nitrogens with zero attached hydrogens (tertiary/aromatic N) is 4. The van der Waals surface area contributed by atoms with Crippen molar-refractivity contribution in [2.24, 2.45) is 5.92 Å². The first-order valence-electron chi connectivity index (χ1n) is 15.9. The molecule has 7 rings (SSSR count). The number of aryl methyl sites for hydroxylation is 3. The number of rotatable bonds is 7. The van der Waals surface area contributed by atoms with Crippen molar-refractivity contribution in [3.63, 3.8) is 0 Å². The van der Waals surface area contributed by atoms with E-state index in [4.69, 9.17) is 14.8 Å². The van der Waals surface area contributed by atoms with Gasteiger partial charge < -0.3 is 9.30 Å². The van der Waals surface area contributed by atoms with Crippen LogP contribution in [0.5, 0.6) is 11.5 Å².